The van der Waals surface area contributed by atoms with Crippen LogP contribution in [0.5, 0.6) is 0 Å². The van der Waals surface area contributed by atoms with Gasteiger partial charge in [0, 0.05) is 55.9 Å². The van der Waals surface area contributed by atoms with Crippen molar-refractivity contribution in [3.05, 3.63) is 69.0 Å². The van der Waals surface area contributed by atoms with E-state index in [0.717, 1.165) is 53.2 Å². The smallest absolute Gasteiger partial charge is 0.384 e. The molecule has 34 heavy (non-hydrogen) atoms. The highest BCUT2D eigenvalue weighted by Crippen LogP contribution is 2.35. The van der Waals surface area contributed by atoms with Gasteiger partial charge in [-0.25, -0.2) is 0 Å². The molecule has 0 spiro atoms. The Morgan fingerprint density at radius 3 is 2.59 bits per heavy atom. The summed E-state index contributed by atoms with van der Waals surface area (Å²) >= 11 is 0. The first kappa shape index (κ1) is 22.3. The van der Waals surface area contributed by atoms with Gasteiger partial charge in [0.2, 0.25) is 0 Å². The summed E-state index contributed by atoms with van der Waals surface area (Å²) in [4.78, 5) is 19.7. The number of alkyl halides is 3. The molecule has 3 heterocycles. The number of aromatic nitrogens is 1. The van der Waals surface area contributed by atoms with Crippen LogP contribution in [0.4, 0.5) is 24.5 Å². The van der Waals surface area contributed by atoms with Crippen LogP contribution in [0, 0.1) is 11.3 Å². The van der Waals surface area contributed by atoms with E-state index in [1.165, 1.54) is 6.07 Å². The van der Waals surface area contributed by atoms with Gasteiger partial charge in [0.15, 0.2) is 0 Å². The summed E-state index contributed by atoms with van der Waals surface area (Å²) < 4.78 is 39.9. The Kier molecular flexibility index (Phi) is 5.70. The molecular formula is C25H24F3N5O. The average Bonchev–Trinajstić information content (AvgIpc) is 2.84. The number of nitriles is 1. The second-order valence-electron chi connectivity index (χ2n) is 8.82. The maximum absolute atomic E-state index is 13.3. The molecule has 1 aromatic heterocycles. The lowest BCUT2D eigenvalue weighted by atomic mass is 10.0. The van der Waals surface area contributed by atoms with Gasteiger partial charge in [0.25, 0.3) is 5.56 Å². The molecule has 1 saturated heterocycles. The van der Waals surface area contributed by atoms with Crippen LogP contribution in [-0.4, -0.2) is 42.6 Å². The van der Waals surface area contributed by atoms with Crippen molar-refractivity contribution in [2.75, 3.05) is 42.9 Å². The average molecular weight is 467 g/mol. The molecule has 3 aromatic rings. The summed E-state index contributed by atoms with van der Waals surface area (Å²) in [5.74, 6) is 0. The van der Waals surface area contributed by atoms with E-state index in [2.05, 4.69) is 21.3 Å². The Hall–Kier alpha value is -3.51. The highest BCUT2D eigenvalue weighted by atomic mass is 19.4. The lowest BCUT2D eigenvalue weighted by Gasteiger charge is -2.36. The molecule has 9 heteroatoms. The molecule has 0 amide bonds. The SMILES string of the molecule is N#Cc1ccc(N2CCN(Cc3ccc4c5c(c(=O)[nH]c4c3)CCCN5)CC2)cc1C(F)(F)F. The zero-order valence-corrected chi connectivity index (χ0v) is 18.5. The number of pyridine rings is 1. The lowest BCUT2D eigenvalue weighted by molar-refractivity contribution is -0.137. The van der Waals surface area contributed by atoms with Gasteiger partial charge in [-0.3, -0.25) is 9.69 Å². The van der Waals surface area contributed by atoms with Gasteiger partial charge in [-0.1, -0.05) is 12.1 Å². The molecule has 0 aliphatic carbocycles. The number of anilines is 2. The summed E-state index contributed by atoms with van der Waals surface area (Å²) in [5.41, 5.74) is 2.83. The van der Waals surface area contributed by atoms with E-state index in [1.807, 2.05) is 17.0 Å². The fourth-order valence-corrected chi connectivity index (χ4v) is 4.89. The van der Waals surface area contributed by atoms with Crippen molar-refractivity contribution in [3.63, 3.8) is 0 Å². The Labute approximate surface area is 194 Å². The number of hydrogen-bond donors (Lipinski definition) is 2. The first-order valence-electron chi connectivity index (χ1n) is 11.3. The van der Waals surface area contributed by atoms with Gasteiger partial charge < -0.3 is 15.2 Å². The standard InChI is InChI=1S/C25H24F3N5O/c26-25(27,28)21-13-18(5-4-17(21)14-29)33-10-8-32(9-11-33)15-16-3-6-19-22(12-16)31-24(34)20-2-1-7-30-23(19)20/h3-6,12-13,30H,1-2,7-11,15H2,(H,31,34). The van der Waals surface area contributed by atoms with Crippen molar-refractivity contribution in [2.45, 2.75) is 25.6 Å². The van der Waals surface area contributed by atoms with Crippen molar-refractivity contribution in [2.24, 2.45) is 0 Å². The van der Waals surface area contributed by atoms with E-state index in [0.29, 0.717) is 38.4 Å². The first-order chi connectivity index (χ1) is 16.3. The van der Waals surface area contributed by atoms with Crippen molar-refractivity contribution >= 4 is 22.3 Å². The normalized spacial score (nSPS) is 16.7. The number of hydrogen-bond acceptors (Lipinski definition) is 5. The molecule has 0 unspecified atom stereocenters. The largest absolute Gasteiger partial charge is 0.417 e. The molecular weight excluding hydrogens is 443 g/mol. The molecule has 2 aromatic carbocycles. The molecule has 0 radical (unpaired) electrons. The fourth-order valence-electron chi connectivity index (χ4n) is 4.89. The molecule has 0 saturated carbocycles. The van der Waals surface area contributed by atoms with Crippen molar-refractivity contribution < 1.29 is 13.2 Å². The minimum Gasteiger partial charge on any atom is -0.384 e. The lowest BCUT2D eigenvalue weighted by Crippen LogP contribution is -2.46. The molecule has 6 nitrogen and oxygen atoms in total. The number of piperazine rings is 1. The van der Waals surface area contributed by atoms with Gasteiger partial charge >= 0.3 is 6.18 Å². The van der Waals surface area contributed by atoms with Crippen LogP contribution in [-0.2, 0) is 19.1 Å². The summed E-state index contributed by atoms with van der Waals surface area (Å²) in [5, 5.41) is 13.4. The molecule has 1 fully saturated rings. The molecule has 5 rings (SSSR count). The van der Waals surface area contributed by atoms with Crippen LogP contribution < -0.4 is 15.8 Å². The number of nitrogens with zero attached hydrogens (tertiary/aromatic N) is 3. The van der Waals surface area contributed by atoms with E-state index >= 15 is 0 Å². The quantitative estimate of drug-likeness (QED) is 0.607. The summed E-state index contributed by atoms with van der Waals surface area (Å²) in [6.45, 7) is 4.12. The fraction of sp³-hybridized carbons (Fsp3) is 0.360. The second-order valence-corrected chi connectivity index (χ2v) is 8.82. The van der Waals surface area contributed by atoms with Crippen LogP contribution in [0.1, 0.15) is 28.7 Å². The van der Waals surface area contributed by atoms with Crippen LogP contribution in [0.15, 0.2) is 41.2 Å². The Morgan fingerprint density at radius 1 is 1.06 bits per heavy atom. The predicted molar refractivity (Wildman–Crippen MR) is 125 cm³/mol. The van der Waals surface area contributed by atoms with Gasteiger partial charge in [0.05, 0.1) is 28.4 Å². The third-order valence-electron chi connectivity index (χ3n) is 6.66. The number of nitrogens with one attached hydrogen (secondary N) is 2. The minimum atomic E-state index is -4.56. The first-order valence-corrected chi connectivity index (χ1v) is 11.3. The second kappa shape index (κ2) is 8.69. The highest BCUT2D eigenvalue weighted by Gasteiger charge is 2.34. The zero-order chi connectivity index (χ0) is 23.9. The van der Waals surface area contributed by atoms with Gasteiger partial charge in [-0.05, 0) is 42.7 Å². The van der Waals surface area contributed by atoms with E-state index in [9.17, 15) is 18.0 Å². The third kappa shape index (κ3) is 4.21. The maximum Gasteiger partial charge on any atom is 0.417 e. The number of fused-ring (bicyclic) bond motifs is 3. The molecule has 2 aliphatic rings. The molecule has 176 valence electrons. The van der Waals surface area contributed by atoms with Crippen LogP contribution >= 0.6 is 0 Å². The van der Waals surface area contributed by atoms with Gasteiger partial charge in [-0.15, -0.1) is 0 Å². The van der Waals surface area contributed by atoms with Crippen molar-refractivity contribution in [1.29, 1.82) is 5.26 Å². The van der Waals surface area contributed by atoms with Crippen molar-refractivity contribution in [3.8, 4) is 6.07 Å². The van der Waals surface area contributed by atoms with E-state index < -0.39 is 11.7 Å². The number of aromatic amines is 1. The van der Waals surface area contributed by atoms with E-state index in [1.54, 1.807) is 12.1 Å². The third-order valence-corrected chi connectivity index (χ3v) is 6.66. The number of halogens is 3. The van der Waals surface area contributed by atoms with Gasteiger partial charge in [-0.2, -0.15) is 18.4 Å². The highest BCUT2D eigenvalue weighted by molar-refractivity contribution is 5.93. The van der Waals surface area contributed by atoms with E-state index in [4.69, 9.17) is 5.26 Å². The van der Waals surface area contributed by atoms with Gasteiger partial charge in [0.1, 0.15) is 0 Å². The van der Waals surface area contributed by atoms with Crippen LogP contribution in [0.2, 0.25) is 0 Å². The molecule has 0 bridgehead atoms. The number of rotatable bonds is 3. The summed E-state index contributed by atoms with van der Waals surface area (Å²) in [6.07, 6.45) is -2.83. The monoisotopic (exact) mass is 467 g/mol. The summed E-state index contributed by atoms with van der Waals surface area (Å²) in [6, 6.07) is 11.6. The molecule has 0 atom stereocenters. The Bertz CT molecular complexity index is 1330. The molecule has 2 aliphatic heterocycles. The van der Waals surface area contributed by atoms with Crippen LogP contribution in [0.3, 0.4) is 0 Å². The predicted octanol–water partition coefficient (Wildman–Crippen LogP) is 4.10. The van der Waals surface area contributed by atoms with E-state index in [-0.39, 0.29) is 11.1 Å². The molecule has 2 N–H and O–H groups in total. The summed E-state index contributed by atoms with van der Waals surface area (Å²) in [7, 11) is 0. The maximum atomic E-state index is 13.3. The topological polar surface area (TPSA) is 75.2 Å². The van der Waals surface area contributed by atoms with Crippen molar-refractivity contribution in [1.82, 2.24) is 9.88 Å². The number of benzene rings is 2. The zero-order valence-electron chi connectivity index (χ0n) is 18.5. The Balaban J connectivity index is 1.29. The Morgan fingerprint density at radius 2 is 1.85 bits per heavy atom. The number of H-pyrrole nitrogens is 1. The minimum absolute atomic E-state index is 0.0406. The van der Waals surface area contributed by atoms with Crippen LogP contribution in [0.25, 0.3) is 10.9 Å².